The minimum absolute atomic E-state index is 0.0561. The lowest BCUT2D eigenvalue weighted by atomic mass is 9.71. The van der Waals surface area contributed by atoms with Crippen molar-refractivity contribution in [1.29, 1.82) is 0 Å². The van der Waals surface area contributed by atoms with Crippen molar-refractivity contribution >= 4 is 17.1 Å². The molecule has 0 amide bonds. The van der Waals surface area contributed by atoms with Crippen LogP contribution in [0.15, 0.2) is 6.07 Å². The molecule has 1 aromatic heterocycles. The van der Waals surface area contributed by atoms with Crippen LogP contribution in [0.2, 0.25) is 0 Å². The van der Waals surface area contributed by atoms with Crippen molar-refractivity contribution in [2.75, 3.05) is 0 Å². The Kier molecular flexibility index (Phi) is 2.03. The Morgan fingerprint density at radius 3 is 2.73 bits per heavy atom. The number of ketones is 1. The van der Waals surface area contributed by atoms with Gasteiger partial charge in [0.1, 0.15) is 0 Å². The fourth-order valence-electron chi connectivity index (χ4n) is 3.22. The quantitative estimate of drug-likeness (QED) is 0.651. The van der Waals surface area contributed by atoms with Crippen LogP contribution < -0.4 is 0 Å². The Hall–Kier alpha value is -0.630. The van der Waals surface area contributed by atoms with E-state index >= 15 is 0 Å². The summed E-state index contributed by atoms with van der Waals surface area (Å²) in [5, 5.41) is 0. The maximum absolute atomic E-state index is 12.5. The second-order valence-corrected chi connectivity index (χ2v) is 6.35. The number of hydrogen-bond donors (Lipinski definition) is 0. The molecule has 15 heavy (non-hydrogen) atoms. The Bertz CT molecular complexity index is 410. The maximum atomic E-state index is 12.5. The molecular weight excluding hydrogens is 204 g/mol. The van der Waals surface area contributed by atoms with Gasteiger partial charge < -0.3 is 0 Å². The number of carbonyl (C=O) groups is 1. The molecule has 0 bridgehead atoms. The summed E-state index contributed by atoms with van der Waals surface area (Å²) in [6, 6.07) is 2.11. The number of hydrogen-bond acceptors (Lipinski definition) is 2. The molecule has 0 unspecified atom stereocenters. The summed E-state index contributed by atoms with van der Waals surface area (Å²) in [6.45, 7) is 2.11. The average molecular weight is 220 g/mol. The van der Waals surface area contributed by atoms with E-state index in [9.17, 15) is 4.79 Å². The summed E-state index contributed by atoms with van der Waals surface area (Å²) < 4.78 is 0. The van der Waals surface area contributed by atoms with Crippen LogP contribution in [0.4, 0.5) is 0 Å². The topological polar surface area (TPSA) is 17.1 Å². The molecule has 0 radical (unpaired) electrons. The van der Waals surface area contributed by atoms with Crippen molar-refractivity contribution in [1.82, 2.24) is 0 Å². The van der Waals surface area contributed by atoms with E-state index in [0.717, 1.165) is 31.2 Å². The first-order valence-electron chi connectivity index (χ1n) is 5.85. The first-order chi connectivity index (χ1) is 7.21. The summed E-state index contributed by atoms with van der Waals surface area (Å²) in [5.41, 5.74) is 1.12. The van der Waals surface area contributed by atoms with Crippen molar-refractivity contribution in [3.8, 4) is 0 Å². The SMILES string of the molecule is Cc1cc2c(s1)CCC1(CCCC1)C2=O. The molecule has 1 spiro atoms. The molecular formula is C13H16OS. The summed E-state index contributed by atoms with van der Waals surface area (Å²) in [5.74, 6) is 0.464. The van der Waals surface area contributed by atoms with Crippen LogP contribution in [0.1, 0.15) is 52.2 Å². The fraction of sp³-hybridized carbons (Fsp3) is 0.615. The predicted molar refractivity (Wildman–Crippen MR) is 62.6 cm³/mol. The predicted octanol–water partition coefficient (Wildman–Crippen LogP) is 3.75. The number of Topliss-reactive ketones (excluding diaryl/α,β-unsaturated/α-hetero) is 1. The van der Waals surface area contributed by atoms with E-state index in [0.29, 0.717) is 5.78 Å². The number of rotatable bonds is 0. The van der Waals surface area contributed by atoms with Crippen LogP contribution in [-0.2, 0) is 6.42 Å². The van der Waals surface area contributed by atoms with Gasteiger partial charge in [0, 0.05) is 20.7 Å². The molecule has 0 atom stereocenters. The summed E-state index contributed by atoms with van der Waals surface area (Å²) in [7, 11) is 0. The van der Waals surface area contributed by atoms with Crippen LogP contribution in [0.5, 0.6) is 0 Å². The van der Waals surface area contributed by atoms with Gasteiger partial charge >= 0.3 is 0 Å². The zero-order valence-electron chi connectivity index (χ0n) is 9.14. The first kappa shape index (κ1) is 9.59. The molecule has 0 N–H and O–H groups in total. The normalized spacial score (nSPS) is 23.4. The fourth-order valence-corrected chi connectivity index (χ4v) is 4.25. The molecule has 80 valence electrons. The minimum atomic E-state index is 0.0561. The number of thiophene rings is 1. The van der Waals surface area contributed by atoms with Gasteiger partial charge in [-0.15, -0.1) is 11.3 Å². The highest BCUT2D eigenvalue weighted by Crippen LogP contribution is 2.48. The minimum Gasteiger partial charge on any atom is -0.294 e. The molecule has 1 nitrogen and oxygen atoms in total. The third-order valence-electron chi connectivity index (χ3n) is 4.05. The van der Waals surface area contributed by atoms with Crippen LogP contribution in [0.25, 0.3) is 0 Å². The highest BCUT2D eigenvalue weighted by Gasteiger charge is 2.44. The van der Waals surface area contributed by atoms with E-state index < -0.39 is 0 Å². The summed E-state index contributed by atoms with van der Waals surface area (Å²) in [4.78, 5) is 15.1. The van der Waals surface area contributed by atoms with Gasteiger partial charge in [-0.2, -0.15) is 0 Å². The lowest BCUT2D eigenvalue weighted by Gasteiger charge is -2.31. The Labute approximate surface area is 94.5 Å². The zero-order valence-corrected chi connectivity index (χ0v) is 9.95. The summed E-state index contributed by atoms with van der Waals surface area (Å²) >= 11 is 1.82. The molecule has 0 saturated heterocycles. The molecule has 2 heteroatoms. The van der Waals surface area contributed by atoms with Crippen LogP contribution >= 0.6 is 11.3 Å². The second-order valence-electron chi connectivity index (χ2n) is 5.01. The second kappa shape index (κ2) is 3.18. The van der Waals surface area contributed by atoms with Crippen LogP contribution in [-0.4, -0.2) is 5.78 Å². The van der Waals surface area contributed by atoms with Crippen molar-refractivity contribution in [2.45, 2.75) is 45.4 Å². The molecule has 0 aromatic carbocycles. The molecule has 2 aliphatic carbocycles. The van der Waals surface area contributed by atoms with Crippen molar-refractivity contribution in [3.05, 3.63) is 21.4 Å². The van der Waals surface area contributed by atoms with E-state index in [1.807, 2.05) is 11.3 Å². The van der Waals surface area contributed by atoms with Gasteiger partial charge in [0.05, 0.1) is 0 Å². The summed E-state index contributed by atoms with van der Waals surface area (Å²) in [6.07, 6.45) is 7.03. The zero-order chi connectivity index (χ0) is 10.5. The van der Waals surface area contributed by atoms with Gasteiger partial charge in [0.25, 0.3) is 0 Å². The van der Waals surface area contributed by atoms with Crippen molar-refractivity contribution in [3.63, 3.8) is 0 Å². The van der Waals surface area contributed by atoms with Gasteiger partial charge in [0.15, 0.2) is 5.78 Å². The molecule has 1 fully saturated rings. The maximum Gasteiger partial charge on any atom is 0.170 e. The van der Waals surface area contributed by atoms with E-state index in [1.165, 1.54) is 22.6 Å². The Balaban J connectivity index is 2.05. The van der Waals surface area contributed by atoms with Crippen LogP contribution in [0, 0.1) is 12.3 Å². The van der Waals surface area contributed by atoms with E-state index in [2.05, 4.69) is 13.0 Å². The smallest absolute Gasteiger partial charge is 0.170 e. The van der Waals surface area contributed by atoms with Gasteiger partial charge in [-0.05, 0) is 38.7 Å². The highest BCUT2D eigenvalue weighted by molar-refractivity contribution is 7.12. The largest absolute Gasteiger partial charge is 0.294 e. The van der Waals surface area contributed by atoms with Gasteiger partial charge in [-0.3, -0.25) is 4.79 Å². The molecule has 2 aliphatic rings. The van der Waals surface area contributed by atoms with E-state index in [1.54, 1.807) is 0 Å². The third-order valence-corrected chi connectivity index (χ3v) is 5.16. The van der Waals surface area contributed by atoms with Gasteiger partial charge in [-0.25, -0.2) is 0 Å². The molecule has 0 aliphatic heterocycles. The lowest BCUT2D eigenvalue weighted by molar-refractivity contribution is 0.0767. The number of carbonyl (C=O) groups excluding carboxylic acids is 1. The number of aryl methyl sites for hydroxylation is 2. The van der Waals surface area contributed by atoms with Gasteiger partial charge in [0.2, 0.25) is 0 Å². The number of fused-ring (bicyclic) bond motifs is 1. The molecule has 1 aromatic rings. The highest BCUT2D eigenvalue weighted by atomic mass is 32.1. The van der Waals surface area contributed by atoms with Crippen LogP contribution in [0.3, 0.4) is 0 Å². The molecule has 1 saturated carbocycles. The molecule has 1 heterocycles. The monoisotopic (exact) mass is 220 g/mol. The van der Waals surface area contributed by atoms with Crippen molar-refractivity contribution in [2.24, 2.45) is 5.41 Å². The third kappa shape index (κ3) is 1.31. The van der Waals surface area contributed by atoms with E-state index in [4.69, 9.17) is 0 Å². The Morgan fingerprint density at radius 1 is 1.27 bits per heavy atom. The lowest BCUT2D eigenvalue weighted by Crippen LogP contribution is -2.32. The van der Waals surface area contributed by atoms with E-state index in [-0.39, 0.29) is 5.41 Å². The average Bonchev–Trinajstić information content (AvgIpc) is 2.80. The van der Waals surface area contributed by atoms with Gasteiger partial charge in [-0.1, -0.05) is 12.8 Å². The first-order valence-corrected chi connectivity index (χ1v) is 6.67. The Morgan fingerprint density at radius 2 is 2.00 bits per heavy atom. The standard InChI is InChI=1S/C13H16OS/c1-9-8-10-11(15-9)4-7-13(12(10)14)5-2-3-6-13/h8H,2-7H2,1H3. The van der Waals surface area contributed by atoms with Crippen molar-refractivity contribution < 1.29 is 4.79 Å². The molecule has 3 rings (SSSR count).